The number of carbonyl (C=O) groups is 1. The topological polar surface area (TPSA) is 54.0 Å². The van der Waals surface area contributed by atoms with Gasteiger partial charge in [-0.05, 0) is 41.0 Å². The van der Waals surface area contributed by atoms with Gasteiger partial charge in [0.25, 0.3) is 0 Å². The minimum absolute atomic E-state index is 0.00107. The number of pyridine rings is 1. The van der Waals surface area contributed by atoms with Gasteiger partial charge in [-0.1, -0.05) is 41.9 Å². The smallest absolute Gasteiger partial charge is 0.334 e. The predicted molar refractivity (Wildman–Crippen MR) is 102 cm³/mol. The monoisotopic (exact) mass is 405 g/mol. The first-order chi connectivity index (χ1) is 13.3. The molecule has 28 heavy (non-hydrogen) atoms. The van der Waals surface area contributed by atoms with Crippen LogP contribution in [0.3, 0.4) is 0 Å². The van der Waals surface area contributed by atoms with Crippen LogP contribution in [0.25, 0.3) is 11.1 Å². The molecule has 0 aliphatic rings. The molecule has 0 aliphatic carbocycles. The zero-order valence-electron chi connectivity index (χ0n) is 14.4. The van der Waals surface area contributed by atoms with E-state index in [4.69, 9.17) is 11.6 Å². The Labute approximate surface area is 164 Å². The standard InChI is InChI=1S/C20H15ClF3N3O/c21-18-8-7-16(10-17(18)20(22,23)24)27-19(28)26-11-13-3-5-14(6-4-13)15-2-1-9-25-12-15/h1-10,12H,11H2,(H2,26,27,28). The van der Waals surface area contributed by atoms with Gasteiger partial charge in [0.2, 0.25) is 0 Å². The van der Waals surface area contributed by atoms with E-state index in [2.05, 4.69) is 15.6 Å². The van der Waals surface area contributed by atoms with Crippen LogP contribution in [0, 0.1) is 0 Å². The van der Waals surface area contributed by atoms with Crippen molar-refractivity contribution in [3.05, 3.63) is 83.1 Å². The number of carbonyl (C=O) groups excluding carboxylic acids is 1. The molecule has 0 saturated heterocycles. The molecule has 1 aromatic heterocycles. The van der Waals surface area contributed by atoms with E-state index in [1.165, 1.54) is 6.07 Å². The summed E-state index contributed by atoms with van der Waals surface area (Å²) in [6.07, 6.45) is -1.15. The number of rotatable bonds is 4. The lowest BCUT2D eigenvalue weighted by Gasteiger charge is -2.12. The normalized spacial score (nSPS) is 11.1. The number of nitrogens with one attached hydrogen (secondary N) is 2. The minimum atomic E-state index is -4.60. The third-order valence-electron chi connectivity index (χ3n) is 3.93. The lowest BCUT2D eigenvalue weighted by Crippen LogP contribution is -2.28. The van der Waals surface area contributed by atoms with Crippen LogP contribution < -0.4 is 10.6 Å². The number of benzene rings is 2. The van der Waals surface area contributed by atoms with E-state index in [1.54, 1.807) is 12.4 Å². The Morgan fingerprint density at radius 1 is 1.04 bits per heavy atom. The van der Waals surface area contributed by atoms with E-state index in [0.717, 1.165) is 28.8 Å². The van der Waals surface area contributed by atoms with Gasteiger partial charge in [-0.3, -0.25) is 4.98 Å². The molecule has 2 aromatic carbocycles. The fourth-order valence-corrected chi connectivity index (χ4v) is 2.75. The molecule has 1 heterocycles. The first-order valence-electron chi connectivity index (χ1n) is 8.24. The van der Waals surface area contributed by atoms with Crippen LogP contribution in [0.4, 0.5) is 23.7 Å². The molecule has 0 aliphatic heterocycles. The maximum Gasteiger partial charge on any atom is 0.417 e. The largest absolute Gasteiger partial charge is 0.417 e. The highest BCUT2D eigenvalue weighted by Crippen LogP contribution is 2.36. The molecule has 8 heteroatoms. The number of hydrogen-bond donors (Lipinski definition) is 2. The number of amides is 2. The van der Waals surface area contributed by atoms with E-state index in [9.17, 15) is 18.0 Å². The summed E-state index contributed by atoms with van der Waals surface area (Å²) in [6, 6.07) is 13.9. The quantitative estimate of drug-likeness (QED) is 0.581. The van der Waals surface area contributed by atoms with Crippen molar-refractivity contribution in [2.75, 3.05) is 5.32 Å². The maximum absolute atomic E-state index is 12.9. The highest BCUT2D eigenvalue weighted by molar-refractivity contribution is 6.31. The summed E-state index contributed by atoms with van der Waals surface area (Å²) in [5.41, 5.74) is 1.80. The van der Waals surface area contributed by atoms with Crippen molar-refractivity contribution in [1.29, 1.82) is 0 Å². The second kappa shape index (κ2) is 8.31. The van der Waals surface area contributed by atoms with E-state index in [0.29, 0.717) is 0 Å². The second-order valence-corrected chi connectivity index (χ2v) is 6.35. The van der Waals surface area contributed by atoms with Crippen molar-refractivity contribution in [3.8, 4) is 11.1 Å². The van der Waals surface area contributed by atoms with E-state index in [-0.39, 0.29) is 12.2 Å². The zero-order chi connectivity index (χ0) is 20.1. The fraction of sp³-hybridized carbons (Fsp3) is 0.100. The molecule has 2 N–H and O–H groups in total. The average molecular weight is 406 g/mol. The van der Waals surface area contributed by atoms with Gasteiger partial charge in [0.05, 0.1) is 10.6 Å². The lowest BCUT2D eigenvalue weighted by molar-refractivity contribution is -0.137. The minimum Gasteiger partial charge on any atom is -0.334 e. The third kappa shape index (κ3) is 5.01. The highest BCUT2D eigenvalue weighted by atomic mass is 35.5. The van der Waals surface area contributed by atoms with Crippen molar-refractivity contribution in [2.24, 2.45) is 0 Å². The number of hydrogen-bond acceptors (Lipinski definition) is 2. The Balaban J connectivity index is 1.59. The second-order valence-electron chi connectivity index (χ2n) is 5.94. The van der Waals surface area contributed by atoms with E-state index >= 15 is 0 Å². The number of alkyl halides is 3. The summed E-state index contributed by atoms with van der Waals surface area (Å²) in [5.74, 6) is 0. The number of urea groups is 1. The average Bonchev–Trinajstić information content (AvgIpc) is 2.68. The molecule has 144 valence electrons. The molecular weight excluding hydrogens is 391 g/mol. The molecule has 0 fully saturated rings. The van der Waals surface area contributed by atoms with Crippen LogP contribution in [-0.2, 0) is 12.7 Å². The Kier molecular flexibility index (Phi) is 5.84. The molecular formula is C20H15ClF3N3O. The van der Waals surface area contributed by atoms with Gasteiger partial charge in [0, 0.05) is 24.6 Å². The van der Waals surface area contributed by atoms with E-state index in [1.807, 2.05) is 36.4 Å². The van der Waals surface area contributed by atoms with Crippen LogP contribution >= 0.6 is 11.6 Å². The Morgan fingerprint density at radius 3 is 2.43 bits per heavy atom. The van der Waals surface area contributed by atoms with Gasteiger partial charge in [-0.15, -0.1) is 0 Å². The van der Waals surface area contributed by atoms with Crippen molar-refractivity contribution >= 4 is 23.3 Å². The van der Waals surface area contributed by atoms with Crippen molar-refractivity contribution in [3.63, 3.8) is 0 Å². The maximum atomic E-state index is 12.9. The molecule has 0 atom stereocenters. The zero-order valence-corrected chi connectivity index (χ0v) is 15.2. The van der Waals surface area contributed by atoms with Crippen molar-refractivity contribution in [1.82, 2.24) is 10.3 Å². The number of anilines is 1. The molecule has 0 spiro atoms. The summed E-state index contributed by atoms with van der Waals surface area (Å²) in [5, 5.41) is 4.55. The highest BCUT2D eigenvalue weighted by Gasteiger charge is 2.33. The Bertz CT molecular complexity index is 961. The Hall–Kier alpha value is -3.06. The van der Waals surface area contributed by atoms with Gasteiger partial charge in [0.15, 0.2) is 0 Å². The van der Waals surface area contributed by atoms with Gasteiger partial charge >= 0.3 is 12.2 Å². The Morgan fingerprint density at radius 2 is 1.79 bits per heavy atom. The van der Waals surface area contributed by atoms with E-state index < -0.39 is 22.8 Å². The first-order valence-corrected chi connectivity index (χ1v) is 8.61. The molecule has 0 radical (unpaired) electrons. The van der Waals surface area contributed by atoms with Gasteiger partial charge < -0.3 is 10.6 Å². The van der Waals surface area contributed by atoms with Gasteiger partial charge in [0.1, 0.15) is 0 Å². The third-order valence-corrected chi connectivity index (χ3v) is 4.26. The molecule has 0 unspecified atom stereocenters. The van der Waals surface area contributed by atoms with Crippen molar-refractivity contribution in [2.45, 2.75) is 12.7 Å². The van der Waals surface area contributed by atoms with Crippen LogP contribution in [0.1, 0.15) is 11.1 Å². The number of aromatic nitrogens is 1. The van der Waals surface area contributed by atoms with Crippen molar-refractivity contribution < 1.29 is 18.0 Å². The summed E-state index contributed by atoms with van der Waals surface area (Å²) >= 11 is 5.56. The lowest BCUT2D eigenvalue weighted by atomic mass is 10.1. The van der Waals surface area contributed by atoms with Gasteiger partial charge in [-0.2, -0.15) is 13.2 Å². The summed E-state index contributed by atoms with van der Waals surface area (Å²) in [7, 11) is 0. The van der Waals surface area contributed by atoms with Crippen LogP contribution in [0.5, 0.6) is 0 Å². The molecule has 0 bridgehead atoms. The van der Waals surface area contributed by atoms with Crippen LogP contribution in [0.15, 0.2) is 67.0 Å². The number of nitrogens with zero attached hydrogens (tertiary/aromatic N) is 1. The number of halogens is 4. The summed E-state index contributed by atoms with van der Waals surface area (Å²) < 4.78 is 38.6. The fourth-order valence-electron chi connectivity index (χ4n) is 2.53. The summed E-state index contributed by atoms with van der Waals surface area (Å²) in [6.45, 7) is 0.221. The van der Waals surface area contributed by atoms with Gasteiger partial charge in [-0.25, -0.2) is 4.79 Å². The molecule has 2 amide bonds. The SMILES string of the molecule is O=C(NCc1ccc(-c2cccnc2)cc1)Nc1ccc(Cl)c(C(F)(F)F)c1. The van der Waals surface area contributed by atoms with Crippen LogP contribution in [0.2, 0.25) is 5.02 Å². The molecule has 4 nitrogen and oxygen atoms in total. The first kappa shape index (κ1) is 19.7. The predicted octanol–water partition coefficient (Wildman–Crippen LogP) is 5.74. The summed E-state index contributed by atoms with van der Waals surface area (Å²) in [4.78, 5) is 16.0. The molecule has 3 aromatic rings. The molecule has 0 saturated carbocycles. The molecule has 3 rings (SSSR count). The van der Waals surface area contributed by atoms with Crippen LogP contribution in [-0.4, -0.2) is 11.0 Å².